The number of hydrogen-bond donors (Lipinski definition) is 3. The van der Waals surface area contributed by atoms with Gasteiger partial charge in [0.1, 0.15) is 17.3 Å². The first-order valence-corrected chi connectivity index (χ1v) is 18.4. The van der Waals surface area contributed by atoms with E-state index in [-0.39, 0.29) is 97.1 Å². The van der Waals surface area contributed by atoms with Crippen LogP contribution in [0.15, 0.2) is 110 Å². The Bertz CT molecular complexity index is 2400. The fourth-order valence-electron chi connectivity index (χ4n) is 6.73. The standard InChI is InChI=1S/C21H20N4O3.C12H16N2O.C9H6N2O3.3CH4.K/c1-14-13-24(20(27)15-6-3-2-4-7-15)10-11-25(14)21(28)18(26)17-12-23-19-16(17)8-5-9-22-19;1-10-9-14(8-7-13-10)12(15)11-5-3-2-4-6-11;12-7(9(13)14)6-4-11-8-5(6)2-1-3-10-8;;;;/h2-9,12,14H,10-11,13H2,1H3,(H,22,23);2-6,10,13H,7-9H2,1H3;1-4H,(H,10,11)(H,13,14);3*1H4;/q;;;;;;+1/p-1/t14-;10-;;;;;/m11...../s1. The average Bonchev–Trinajstić information content (AvgIpc) is 3.88. The molecule has 2 aromatic carbocycles. The predicted molar refractivity (Wildman–Crippen MR) is 229 cm³/mol. The Hall–Kier alpha value is -5.36. The third-order valence-corrected chi connectivity index (χ3v) is 9.64. The van der Waals surface area contributed by atoms with Crippen molar-refractivity contribution < 1.29 is 85.3 Å². The van der Waals surface area contributed by atoms with E-state index in [1.165, 1.54) is 12.4 Å². The summed E-state index contributed by atoms with van der Waals surface area (Å²) in [5, 5.41) is 14.8. The van der Waals surface area contributed by atoms with Crippen LogP contribution >= 0.6 is 0 Å². The number of aliphatic carboxylic acids is 1. The molecule has 6 aromatic rings. The molecule has 2 atom stereocenters. The second-order valence-corrected chi connectivity index (χ2v) is 13.6. The van der Waals surface area contributed by atoms with Gasteiger partial charge in [0.15, 0.2) is 0 Å². The predicted octanol–water partition coefficient (Wildman–Crippen LogP) is 1.65. The van der Waals surface area contributed by atoms with Gasteiger partial charge in [0.2, 0.25) is 5.78 Å². The van der Waals surface area contributed by atoms with Crippen LogP contribution in [-0.4, -0.2) is 121 Å². The number of rotatable bonds is 6. The molecule has 0 bridgehead atoms. The maximum atomic E-state index is 12.8. The number of carbonyl (C=O) groups is 6. The molecule has 0 unspecified atom stereocenters. The molecule has 8 rings (SSSR count). The number of H-pyrrole nitrogens is 2. The molecule has 2 aliphatic heterocycles. The first-order valence-electron chi connectivity index (χ1n) is 18.4. The second-order valence-electron chi connectivity index (χ2n) is 13.6. The van der Waals surface area contributed by atoms with Crippen molar-refractivity contribution in [3.8, 4) is 0 Å². The van der Waals surface area contributed by atoms with E-state index in [9.17, 15) is 33.9 Å². The molecule has 0 saturated carbocycles. The minimum absolute atomic E-state index is 0. The molecular weight excluding hydrogens is 804 g/mol. The number of hydrogen-bond acceptors (Lipinski definition) is 10. The number of benzene rings is 2. The minimum atomic E-state index is -1.71. The monoisotopic (exact) mass is 856 g/mol. The van der Waals surface area contributed by atoms with Crippen LogP contribution in [0.5, 0.6) is 0 Å². The Kier molecular flexibility index (Phi) is 20.5. The summed E-state index contributed by atoms with van der Waals surface area (Å²) < 4.78 is 0. The van der Waals surface area contributed by atoms with Crippen molar-refractivity contribution in [3.63, 3.8) is 0 Å². The summed E-state index contributed by atoms with van der Waals surface area (Å²) in [5.41, 5.74) is 2.86. The van der Waals surface area contributed by atoms with Crippen molar-refractivity contribution in [2.24, 2.45) is 0 Å². The number of fused-ring (bicyclic) bond motifs is 2. The van der Waals surface area contributed by atoms with E-state index in [4.69, 9.17) is 0 Å². The normalized spacial score (nSPS) is 15.4. The van der Waals surface area contributed by atoms with E-state index in [2.05, 4.69) is 32.2 Å². The van der Waals surface area contributed by atoms with E-state index in [1.54, 1.807) is 58.6 Å². The summed E-state index contributed by atoms with van der Waals surface area (Å²) in [4.78, 5) is 90.6. The molecule has 6 heterocycles. The molecule has 2 aliphatic rings. The second kappa shape index (κ2) is 24.2. The number of nitrogens with one attached hydrogen (secondary N) is 3. The largest absolute Gasteiger partial charge is 1.00 e. The molecule has 61 heavy (non-hydrogen) atoms. The number of nitrogens with zero attached hydrogens (tertiary/aromatic N) is 5. The Balaban J connectivity index is 0.000000332. The maximum absolute atomic E-state index is 12.8. The van der Waals surface area contributed by atoms with E-state index in [0.29, 0.717) is 58.9 Å². The van der Waals surface area contributed by atoms with Crippen LogP contribution < -0.4 is 61.8 Å². The fraction of sp³-hybridized carbons (Fsp3) is 0.289. The first-order chi connectivity index (χ1) is 27.5. The quantitative estimate of drug-likeness (QED) is 0.126. The van der Waals surface area contributed by atoms with Crippen molar-refractivity contribution in [2.75, 3.05) is 39.3 Å². The van der Waals surface area contributed by atoms with Crippen molar-refractivity contribution >= 4 is 57.3 Å². The number of amides is 3. The average molecular weight is 857 g/mol. The molecule has 15 nitrogen and oxygen atoms in total. The number of pyridine rings is 2. The third-order valence-electron chi connectivity index (χ3n) is 9.64. The number of ketones is 2. The van der Waals surface area contributed by atoms with Gasteiger partial charge < -0.3 is 39.9 Å². The molecule has 0 aliphatic carbocycles. The van der Waals surface area contributed by atoms with Gasteiger partial charge in [0.25, 0.3) is 23.5 Å². The fourth-order valence-corrected chi connectivity index (χ4v) is 6.73. The molecule has 2 fully saturated rings. The van der Waals surface area contributed by atoms with Crippen LogP contribution in [0.2, 0.25) is 0 Å². The molecule has 316 valence electrons. The SMILES string of the molecule is C.C.C.C[C@@H]1CN(C(=O)c2ccccc2)CCN1.C[C@@H]1CN(C(=O)c2ccccc2)CCN1C(=O)C(=O)c1c[nH]c2ncccc12.O=C([O-])C(=O)c1c[nH]c2ncccc12.[K+]. The topological polar surface area (TPSA) is 205 Å². The summed E-state index contributed by atoms with van der Waals surface area (Å²) in [6.45, 7) is 7.56. The Morgan fingerprint density at radius 1 is 0.623 bits per heavy atom. The summed E-state index contributed by atoms with van der Waals surface area (Å²) >= 11 is 0. The van der Waals surface area contributed by atoms with Gasteiger partial charge in [-0.15, -0.1) is 0 Å². The zero-order chi connectivity index (χ0) is 40.5. The molecule has 3 amide bonds. The third kappa shape index (κ3) is 12.6. The summed E-state index contributed by atoms with van der Waals surface area (Å²) in [6, 6.07) is 25.4. The van der Waals surface area contributed by atoms with Gasteiger partial charge in [-0.05, 0) is 62.4 Å². The Morgan fingerprint density at radius 3 is 1.56 bits per heavy atom. The van der Waals surface area contributed by atoms with E-state index in [0.717, 1.165) is 25.2 Å². The molecule has 0 spiro atoms. The van der Waals surface area contributed by atoms with E-state index in [1.807, 2.05) is 60.4 Å². The molecular formula is C45H53KN8O7. The summed E-state index contributed by atoms with van der Waals surface area (Å²) in [5.74, 6) is -3.78. The van der Waals surface area contributed by atoms with Gasteiger partial charge >= 0.3 is 51.4 Å². The first kappa shape index (κ1) is 51.8. The smallest absolute Gasteiger partial charge is 0.541 e. The van der Waals surface area contributed by atoms with Crippen molar-refractivity contribution in [2.45, 2.75) is 48.2 Å². The Morgan fingerprint density at radius 2 is 1.10 bits per heavy atom. The number of carboxylic acids is 1. The summed E-state index contributed by atoms with van der Waals surface area (Å²) in [7, 11) is 0. The number of aromatic nitrogens is 4. The van der Waals surface area contributed by atoms with Gasteiger partial charge in [-0.1, -0.05) is 58.7 Å². The van der Waals surface area contributed by atoms with Crippen LogP contribution in [0.25, 0.3) is 22.1 Å². The van der Waals surface area contributed by atoms with Crippen molar-refractivity contribution in [3.05, 3.63) is 132 Å². The van der Waals surface area contributed by atoms with E-state index < -0.39 is 23.4 Å². The van der Waals surface area contributed by atoms with Crippen LogP contribution in [0.1, 0.15) is 77.6 Å². The zero-order valence-electron chi connectivity index (χ0n) is 32.4. The Labute approximate surface area is 398 Å². The van der Waals surface area contributed by atoms with Gasteiger partial charge in [-0.25, -0.2) is 9.97 Å². The van der Waals surface area contributed by atoms with Crippen LogP contribution in [-0.2, 0) is 9.59 Å². The summed E-state index contributed by atoms with van der Waals surface area (Å²) in [6.07, 6.45) is 6.01. The maximum Gasteiger partial charge on any atom is 1.00 e. The van der Waals surface area contributed by atoms with Gasteiger partial charge in [-0.2, -0.15) is 0 Å². The number of piperazine rings is 2. The molecule has 16 heteroatoms. The molecule has 4 aromatic heterocycles. The molecule has 2 saturated heterocycles. The number of Topliss-reactive ketones (excluding diaryl/α,β-unsaturated/α-hetero) is 2. The van der Waals surface area contributed by atoms with Crippen molar-refractivity contribution in [1.29, 1.82) is 0 Å². The van der Waals surface area contributed by atoms with Gasteiger partial charge in [0, 0.05) is 98.0 Å². The molecule has 3 N–H and O–H groups in total. The number of aromatic amines is 2. The number of carboxylic acid groups (broad SMARTS) is 1. The van der Waals surface area contributed by atoms with Crippen LogP contribution in [0, 0.1) is 0 Å². The zero-order valence-corrected chi connectivity index (χ0v) is 35.5. The van der Waals surface area contributed by atoms with E-state index >= 15 is 0 Å². The molecule has 0 radical (unpaired) electrons. The van der Waals surface area contributed by atoms with Crippen LogP contribution in [0.4, 0.5) is 0 Å². The van der Waals surface area contributed by atoms with Gasteiger partial charge in [0.05, 0.1) is 11.1 Å². The number of carbonyl (C=O) groups excluding carboxylic acids is 6. The van der Waals surface area contributed by atoms with Crippen LogP contribution in [0.3, 0.4) is 0 Å². The minimum Gasteiger partial charge on any atom is -0.541 e. The van der Waals surface area contributed by atoms with Crippen molar-refractivity contribution in [1.82, 2.24) is 40.0 Å². The van der Waals surface area contributed by atoms with Gasteiger partial charge in [-0.3, -0.25) is 24.0 Å².